The average molecular weight is 233 g/mol. The molecule has 1 N–H and O–H groups in total. The minimum Gasteiger partial charge on any atom is -0.307 e. The van der Waals surface area contributed by atoms with Gasteiger partial charge in [-0.3, -0.25) is 0 Å². The Labute approximate surface area is 102 Å². The molecule has 1 aromatic rings. The second kappa shape index (κ2) is 5.55. The molecule has 0 saturated carbocycles. The third-order valence-corrected chi connectivity index (χ3v) is 3.85. The van der Waals surface area contributed by atoms with Gasteiger partial charge in [0.05, 0.1) is 0 Å². The first-order valence-electron chi connectivity index (χ1n) is 5.84. The van der Waals surface area contributed by atoms with Crippen LogP contribution >= 0.6 is 11.8 Å². The van der Waals surface area contributed by atoms with Crippen molar-refractivity contribution in [3.63, 3.8) is 0 Å². The van der Waals surface area contributed by atoms with E-state index in [1.807, 2.05) is 0 Å². The summed E-state index contributed by atoms with van der Waals surface area (Å²) in [5.41, 5.74) is 1.38. The Hall–Kier alpha value is -0.730. The van der Waals surface area contributed by atoms with Gasteiger partial charge < -0.3 is 5.32 Å². The minimum absolute atomic E-state index is 0.445. The van der Waals surface area contributed by atoms with E-state index >= 15 is 0 Å². The van der Waals surface area contributed by atoms with Gasteiger partial charge in [0.15, 0.2) is 0 Å². The van der Waals surface area contributed by atoms with Crippen molar-refractivity contribution >= 4 is 11.8 Å². The third-order valence-electron chi connectivity index (χ3n) is 3.11. The molecule has 1 aromatic carbocycles. The molecule has 1 atom stereocenters. The summed E-state index contributed by atoms with van der Waals surface area (Å²) in [6.45, 7) is 2.24. The number of rotatable bonds is 4. The van der Waals surface area contributed by atoms with E-state index < -0.39 is 0 Å². The van der Waals surface area contributed by atoms with E-state index in [1.54, 1.807) is 11.8 Å². The summed E-state index contributed by atoms with van der Waals surface area (Å²) >= 11 is 1.79. The van der Waals surface area contributed by atoms with Crippen molar-refractivity contribution in [2.24, 2.45) is 0 Å². The zero-order chi connectivity index (χ0) is 11.4. The fraction of sp³-hybridized carbons (Fsp3) is 0.429. The van der Waals surface area contributed by atoms with Crippen molar-refractivity contribution in [1.82, 2.24) is 5.32 Å². The first-order valence-corrected chi connectivity index (χ1v) is 7.07. The van der Waals surface area contributed by atoms with Crippen molar-refractivity contribution in [3.05, 3.63) is 42.0 Å². The molecule has 0 bridgehead atoms. The quantitative estimate of drug-likeness (QED) is 0.627. The molecule has 0 aromatic heterocycles. The fourth-order valence-electron chi connectivity index (χ4n) is 2.10. The lowest BCUT2D eigenvalue weighted by Crippen LogP contribution is -2.29. The van der Waals surface area contributed by atoms with Crippen LogP contribution in [0.4, 0.5) is 0 Å². The predicted octanol–water partition coefficient (Wildman–Crippen LogP) is 3.78. The summed E-state index contributed by atoms with van der Waals surface area (Å²) in [5.74, 6) is 0. The molecule has 0 saturated heterocycles. The molecule has 2 heteroatoms. The molecular weight excluding hydrogens is 214 g/mol. The fourth-order valence-corrected chi connectivity index (χ4v) is 2.50. The summed E-state index contributed by atoms with van der Waals surface area (Å²) in [5, 5.41) is 3.66. The van der Waals surface area contributed by atoms with Crippen LogP contribution in [0, 0.1) is 0 Å². The molecule has 1 aliphatic carbocycles. The lowest BCUT2D eigenvalue weighted by Gasteiger charge is -2.19. The number of hydrogen-bond donors (Lipinski definition) is 1. The molecule has 0 amide bonds. The molecule has 86 valence electrons. The van der Waals surface area contributed by atoms with Gasteiger partial charge in [-0.05, 0) is 43.7 Å². The van der Waals surface area contributed by atoms with Crippen molar-refractivity contribution in [2.75, 3.05) is 6.26 Å². The monoisotopic (exact) mass is 233 g/mol. The molecule has 16 heavy (non-hydrogen) atoms. The molecule has 1 nitrogen and oxygen atoms in total. The van der Waals surface area contributed by atoms with Gasteiger partial charge in [-0.15, -0.1) is 11.8 Å². The van der Waals surface area contributed by atoms with Crippen LogP contribution in [-0.4, -0.2) is 12.3 Å². The molecule has 1 aliphatic rings. The Balaban J connectivity index is 1.94. The summed E-state index contributed by atoms with van der Waals surface area (Å²) in [6.07, 6.45) is 8.99. The van der Waals surface area contributed by atoms with Crippen LogP contribution in [0.15, 0.2) is 41.3 Å². The smallest absolute Gasteiger partial charge is 0.0294 e. The van der Waals surface area contributed by atoms with E-state index in [-0.39, 0.29) is 0 Å². The molecule has 0 aliphatic heterocycles. The van der Waals surface area contributed by atoms with Crippen molar-refractivity contribution < 1.29 is 0 Å². The number of thioether (sulfide) groups is 1. The maximum Gasteiger partial charge on any atom is 0.0294 e. The lowest BCUT2D eigenvalue weighted by molar-refractivity contribution is 0.471. The molecule has 0 radical (unpaired) electrons. The average Bonchev–Trinajstić information content (AvgIpc) is 2.82. The van der Waals surface area contributed by atoms with Crippen molar-refractivity contribution in [1.29, 1.82) is 0 Å². The summed E-state index contributed by atoms with van der Waals surface area (Å²) in [6, 6.07) is 9.93. The standard InChI is InChI=1S/C14H19NS/c1-11(15-13-5-3-4-6-13)12-7-9-14(16-2)10-8-12/h3-4,7-11,13,15H,5-6H2,1-2H3. The Bertz CT molecular complexity index is 348. The van der Waals surface area contributed by atoms with Gasteiger partial charge in [-0.2, -0.15) is 0 Å². The molecule has 1 unspecified atom stereocenters. The van der Waals surface area contributed by atoms with E-state index in [1.165, 1.54) is 23.3 Å². The van der Waals surface area contributed by atoms with Crippen LogP contribution in [0.3, 0.4) is 0 Å². The maximum absolute atomic E-state index is 3.66. The van der Waals surface area contributed by atoms with E-state index in [0.717, 1.165) is 0 Å². The molecular formula is C14H19NS. The summed E-state index contributed by atoms with van der Waals surface area (Å²) < 4.78 is 0. The van der Waals surface area contributed by atoms with Crippen LogP contribution in [0.2, 0.25) is 0 Å². The van der Waals surface area contributed by atoms with Crippen LogP contribution in [-0.2, 0) is 0 Å². The molecule has 2 rings (SSSR count). The van der Waals surface area contributed by atoms with E-state index in [2.05, 4.69) is 54.9 Å². The van der Waals surface area contributed by atoms with Gasteiger partial charge >= 0.3 is 0 Å². The molecule has 0 spiro atoms. The SMILES string of the molecule is CSc1ccc(C(C)NC2CC=CC2)cc1. The normalized spacial score (nSPS) is 17.9. The second-order valence-corrected chi connectivity index (χ2v) is 5.18. The van der Waals surface area contributed by atoms with Crippen molar-refractivity contribution in [3.8, 4) is 0 Å². The third kappa shape index (κ3) is 2.89. The van der Waals surface area contributed by atoms with Crippen LogP contribution in [0.25, 0.3) is 0 Å². The highest BCUT2D eigenvalue weighted by Gasteiger charge is 2.13. The highest BCUT2D eigenvalue weighted by atomic mass is 32.2. The highest BCUT2D eigenvalue weighted by Crippen LogP contribution is 2.21. The number of nitrogens with one attached hydrogen (secondary N) is 1. The number of hydrogen-bond acceptors (Lipinski definition) is 2. The second-order valence-electron chi connectivity index (χ2n) is 4.30. The zero-order valence-corrected chi connectivity index (χ0v) is 10.8. The molecule has 0 fully saturated rings. The Morgan fingerprint density at radius 1 is 1.19 bits per heavy atom. The van der Waals surface area contributed by atoms with Crippen molar-refractivity contribution in [2.45, 2.75) is 36.7 Å². The van der Waals surface area contributed by atoms with Gasteiger partial charge in [0, 0.05) is 17.0 Å². The predicted molar refractivity (Wildman–Crippen MR) is 71.9 cm³/mol. The van der Waals surface area contributed by atoms with E-state index in [4.69, 9.17) is 0 Å². The lowest BCUT2D eigenvalue weighted by atomic mass is 10.1. The van der Waals surface area contributed by atoms with E-state index in [9.17, 15) is 0 Å². The maximum atomic E-state index is 3.66. The first-order chi connectivity index (χ1) is 7.79. The van der Waals surface area contributed by atoms with Gasteiger partial charge in [0.25, 0.3) is 0 Å². The first kappa shape index (κ1) is 11.7. The largest absolute Gasteiger partial charge is 0.307 e. The van der Waals surface area contributed by atoms with Gasteiger partial charge in [-0.1, -0.05) is 24.3 Å². The minimum atomic E-state index is 0.445. The van der Waals surface area contributed by atoms with Gasteiger partial charge in [0.2, 0.25) is 0 Å². The van der Waals surface area contributed by atoms with E-state index in [0.29, 0.717) is 12.1 Å². The Morgan fingerprint density at radius 3 is 2.38 bits per heavy atom. The van der Waals surface area contributed by atoms with Crippen LogP contribution in [0.5, 0.6) is 0 Å². The summed E-state index contributed by atoms with van der Waals surface area (Å²) in [7, 11) is 0. The zero-order valence-electron chi connectivity index (χ0n) is 9.94. The number of benzene rings is 1. The van der Waals surface area contributed by atoms with Crippen LogP contribution < -0.4 is 5.32 Å². The Kier molecular flexibility index (Phi) is 4.08. The van der Waals surface area contributed by atoms with Gasteiger partial charge in [-0.25, -0.2) is 0 Å². The Morgan fingerprint density at radius 2 is 1.81 bits per heavy atom. The van der Waals surface area contributed by atoms with Crippen LogP contribution in [0.1, 0.15) is 31.4 Å². The topological polar surface area (TPSA) is 12.0 Å². The highest BCUT2D eigenvalue weighted by molar-refractivity contribution is 7.98. The van der Waals surface area contributed by atoms with Gasteiger partial charge in [0.1, 0.15) is 0 Å². The summed E-state index contributed by atoms with van der Waals surface area (Å²) in [4.78, 5) is 1.33. The molecule has 0 heterocycles.